The normalized spacial score (nSPS) is 20.9. The highest BCUT2D eigenvalue weighted by molar-refractivity contribution is 6.16. The maximum absolute atomic E-state index is 13.6. The number of allylic oxidation sites excluding steroid dienone is 1. The van der Waals surface area contributed by atoms with Crippen molar-refractivity contribution in [3.63, 3.8) is 0 Å². The van der Waals surface area contributed by atoms with Crippen molar-refractivity contribution >= 4 is 17.9 Å². The number of aliphatic imine (C=N–C) groups is 1. The van der Waals surface area contributed by atoms with Crippen molar-refractivity contribution in [3.8, 4) is 5.75 Å². The molecular formula is C20H23FN2O3. The molecule has 6 heteroatoms. The Morgan fingerprint density at radius 3 is 2.65 bits per heavy atom. The Morgan fingerprint density at radius 2 is 2.04 bits per heavy atom. The largest absolute Gasteiger partial charge is 0.494 e. The first-order valence-corrected chi connectivity index (χ1v) is 8.54. The molecule has 0 atom stereocenters. The number of carbonyl (C=O) groups is 2. The molecule has 138 valence electrons. The summed E-state index contributed by atoms with van der Waals surface area (Å²) in [7, 11) is 3.01. The Hall–Kier alpha value is -2.50. The van der Waals surface area contributed by atoms with Gasteiger partial charge in [0.1, 0.15) is 0 Å². The van der Waals surface area contributed by atoms with Gasteiger partial charge in [-0.3, -0.25) is 14.6 Å². The van der Waals surface area contributed by atoms with Crippen LogP contribution in [-0.4, -0.2) is 50.1 Å². The van der Waals surface area contributed by atoms with Gasteiger partial charge in [0.05, 0.1) is 7.11 Å². The molecule has 0 N–H and O–H groups in total. The van der Waals surface area contributed by atoms with E-state index in [1.165, 1.54) is 25.3 Å². The number of carbonyl (C=O) groups excluding carboxylic acids is 2. The summed E-state index contributed by atoms with van der Waals surface area (Å²) in [6, 6.07) is 4.12. The number of nitrogens with zero attached hydrogens (tertiary/aromatic N) is 2. The van der Waals surface area contributed by atoms with E-state index in [0.29, 0.717) is 30.6 Å². The summed E-state index contributed by atoms with van der Waals surface area (Å²) >= 11 is 0. The number of hydrogen-bond donors (Lipinski definition) is 0. The minimum absolute atomic E-state index is 0.0526. The number of likely N-dealkylation sites (tertiary alicyclic amines) is 1. The number of methoxy groups -OCH3 is 1. The van der Waals surface area contributed by atoms with E-state index >= 15 is 0 Å². The van der Waals surface area contributed by atoms with Crippen LogP contribution in [0.25, 0.3) is 0 Å². The second-order valence-electron chi connectivity index (χ2n) is 7.75. The lowest BCUT2D eigenvalue weighted by Crippen LogP contribution is -2.61. The summed E-state index contributed by atoms with van der Waals surface area (Å²) < 4.78 is 18.5. The topological polar surface area (TPSA) is 59.0 Å². The molecule has 3 rings (SSSR count). The lowest BCUT2D eigenvalue weighted by atomic mass is 9.61. The Balaban J connectivity index is 1.81. The number of amides is 1. The lowest BCUT2D eigenvalue weighted by Gasteiger charge is -2.53. The quantitative estimate of drug-likeness (QED) is 0.781. The van der Waals surface area contributed by atoms with Crippen molar-refractivity contribution < 1.29 is 18.7 Å². The van der Waals surface area contributed by atoms with Crippen LogP contribution >= 0.6 is 0 Å². The molecule has 1 aromatic rings. The molecule has 1 aliphatic carbocycles. The van der Waals surface area contributed by atoms with Gasteiger partial charge >= 0.3 is 0 Å². The molecule has 1 amide bonds. The van der Waals surface area contributed by atoms with Gasteiger partial charge in [-0.05, 0) is 24.6 Å². The number of hydrogen-bond acceptors (Lipinski definition) is 4. The molecule has 1 spiro atoms. The smallest absolute Gasteiger partial charge is 0.254 e. The molecule has 1 saturated heterocycles. The van der Waals surface area contributed by atoms with E-state index in [2.05, 4.69) is 4.99 Å². The second kappa shape index (κ2) is 6.34. The van der Waals surface area contributed by atoms with Crippen molar-refractivity contribution in [1.29, 1.82) is 0 Å². The van der Waals surface area contributed by atoms with Crippen molar-refractivity contribution in [2.45, 2.75) is 20.3 Å². The molecule has 1 heterocycles. The molecule has 5 nitrogen and oxygen atoms in total. The zero-order valence-corrected chi connectivity index (χ0v) is 15.5. The molecule has 0 bridgehead atoms. The summed E-state index contributed by atoms with van der Waals surface area (Å²) in [4.78, 5) is 30.9. The van der Waals surface area contributed by atoms with E-state index in [1.807, 2.05) is 19.9 Å². The van der Waals surface area contributed by atoms with Gasteiger partial charge in [-0.15, -0.1) is 0 Å². The Labute approximate surface area is 152 Å². The van der Waals surface area contributed by atoms with Crippen LogP contribution in [0.5, 0.6) is 5.75 Å². The third kappa shape index (κ3) is 3.04. The predicted octanol–water partition coefficient (Wildman–Crippen LogP) is 2.90. The number of ketones is 1. The van der Waals surface area contributed by atoms with Crippen LogP contribution in [0.3, 0.4) is 0 Å². The molecule has 0 aromatic heterocycles. The third-order valence-electron chi connectivity index (χ3n) is 5.10. The maximum atomic E-state index is 13.6. The van der Waals surface area contributed by atoms with Gasteiger partial charge in [-0.1, -0.05) is 19.9 Å². The van der Waals surface area contributed by atoms with E-state index in [9.17, 15) is 14.0 Å². The molecule has 1 fully saturated rings. The standard InChI is InChI=1S/C20H23FN2O3/c1-19(2)10-20(8-14(9-22-3)17(19)24)11-23(12-20)18(25)13-5-6-15(21)16(7-13)26-4/h5-9H,10-12H2,1-4H3. The number of rotatable bonds is 3. The first kappa shape index (κ1) is 18.3. The molecule has 0 radical (unpaired) electrons. The Morgan fingerprint density at radius 1 is 1.35 bits per heavy atom. The summed E-state index contributed by atoms with van der Waals surface area (Å²) in [6.07, 6.45) is 4.25. The first-order chi connectivity index (χ1) is 12.2. The minimum atomic E-state index is -0.497. The van der Waals surface area contributed by atoms with Crippen molar-refractivity contribution in [1.82, 2.24) is 4.90 Å². The highest BCUT2D eigenvalue weighted by atomic mass is 19.1. The van der Waals surface area contributed by atoms with E-state index in [-0.39, 0.29) is 22.9 Å². The van der Waals surface area contributed by atoms with Gasteiger partial charge in [-0.25, -0.2) is 4.39 Å². The maximum Gasteiger partial charge on any atom is 0.254 e. The van der Waals surface area contributed by atoms with Crippen molar-refractivity contribution in [2.75, 3.05) is 27.2 Å². The van der Waals surface area contributed by atoms with Crippen LogP contribution in [0.15, 0.2) is 34.8 Å². The Bertz CT molecular complexity index is 820. The fourth-order valence-electron chi connectivity index (χ4n) is 4.07. The summed E-state index contributed by atoms with van der Waals surface area (Å²) in [6.45, 7) is 4.93. The van der Waals surface area contributed by atoms with Crippen LogP contribution in [0.1, 0.15) is 30.6 Å². The summed E-state index contributed by atoms with van der Waals surface area (Å²) in [5, 5.41) is 0. The summed E-state index contributed by atoms with van der Waals surface area (Å²) in [5.41, 5.74) is 0.301. The monoisotopic (exact) mass is 358 g/mol. The second-order valence-corrected chi connectivity index (χ2v) is 7.75. The first-order valence-electron chi connectivity index (χ1n) is 8.54. The zero-order chi connectivity index (χ0) is 19.1. The van der Waals surface area contributed by atoms with Gasteiger partial charge in [0.2, 0.25) is 0 Å². The van der Waals surface area contributed by atoms with Crippen LogP contribution in [0.4, 0.5) is 4.39 Å². The average Bonchev–Trinajstić information content (AvgIpc) is 2.56. The molecular weight excluding hydrogens is 335 g/mol. The number of halogens is 1. The zero-order valence-electron chi connectivity index (χ0n) is 15.5. The van der Waals surface area contributed by atoms with E-state index in [0.717, 1.165) is 0 Å². The fraction of sp³-hybridized carbons (Fsp3) is 0.450. The SMILES string of the molecule is CN=CC1=CC2(CN(C(=O)c3ccc(F)c(OC)c3)C2)CC(C)(C)C1=O. The molecule has 0 saturated carbocycles. The van der Waals surface area contributed by atoms with E-state index in [1.54, 1.807) is 18.2 Å². The number of benzene rings is 1. The number of ether oxygens (including phenoxy) is 1. The lowest BCUT2D eigenvalue weighted by molar-refractivity contribution is -0.126. The average molecular weight is 358 g/mol. The summed E-state index contributed by atoms with van der Waals surface area (Å²) in [5.74, 6) is -0.524. The third-order valence-corrected chi connectivity index (χ3v) is 5.10. The predicted molar refractivity (Wildman–Crippen MR) is 97.2 cm³/mol. The van der Waals surface area contributed by atoms with Gasteiger partial charge in [0.15, 0.2) is 17.3 Å². The fourth-order valence-corrected chi connectivity index (χ4v) is 4.07. The molecule has 2 aliphatic rings. The minimum Gasteiger partial charge on any atom is -0.494 e. The van der Waals surface area contributed by atoms with E-state index in [4.69, 9.17) is 4.74 Å². The molecule has 0 unspecified atom stereocenters. The van der Waals surface area contributed by atoms with Crippen LogP contribution in [-0.2, 0) is 4.79 Å². The molecule has 1 aromatic carbocycles. The van der Waals surface area contributed by atoms with Crippen LogP contribution < -0.4 is 4.74 Å². The van der Waals surface area contributed by atoms with Gasteiger partial charge in [0, 0.05) is 48.3 Å². The van der Waals surface area contributed by atoms with E-state index < -0.39 is 11.2 Å². The molecule has 26 heavy (non-hydrogen) atoms. The van der Waals surface area contributed by atoms with Gasteiger partial charge in [-0.2, -0.15) is 0 Å². The molecule has 1 aliphatic heterocycles. The van der Waals surface area contributed by atoms with Gasteiger partial charge in [0.25, 0.3) is 5.91 Å². The van der Waals surface area contributed by atoms with Gasteiger partial charge < -0.3 is 9.64 Å². The Kier molecular flexibility index (Phi) is 4.46. The van der Waals surface area contributed by atoms with Crippen molar-refractivity contribution in [2.24, 2.45) is 15.8 Å². The number of Topliss-reactive ketones (excluding diaryl/α,β-unsaturated/α-hetero) is 1. The highest BCUT2D eigenvalue weighted by Gasteiger charge is 2.51. The van der Waals surface area contributed by atoms with Crippen molar-refractivity contribution in [3.05, 3.63) is 41.2 Å². The van der Waals surface area contributed by atoms with Crippen LogP contribution in [0, 0.1) is 16.6 Å². The highest BCUT2D eigenvalue weighted by Crippen LogP contribution is 2.48. The van der Waals surface area contributed by atoms with Crippen LogP contribution in [0.2, 0.25) is 0 Å².